The van der Waals surface area contributed by atoms with E-state index in [4.69, 9.17) is 28.4 Å². The molecule has 276 valence electrons. The van der Waals surface area contributed by atoms with Gasteiger partial charge in [0.1, 0.15) is 52.4 Å². The molecule has 0 bridgehead atoms. The van der Waals surface area contributed by atoms with Gasteiger partial charge in [-0.3, -0.25) is 19.2 Å². The average Bonchev–Trinajstić information content (AvgIpc) is 2.90. The molecule has 0 aromatic heterocycles. The number of hydrogen-bond donors (Lipinski definition) is 0. The van der Waals surface area contributed by atoms with Gasteiger partial charge in [-0.2, -0.15) is 0 Å². The Balaban J connectivity index is 0. The normalized spacial score (nSPS) is 18.0. The molecule has 0 N–H and O–H groups in total. The molecule has 0 saturated heterocycles. The van der Waals surface area contributed by atoms with Gasteiger partial charge in [0.05, 0.1) is 5.57 Å². The summed E-state index contributed by atoms with van der Waals surface area (Å²) in [6.07, 6.45) is 2.94. The van der Waals surface area contributed by atoms with Crippen LogP contribution in [0.15, 0.2) is 34.5 Å². The van der Waals surface area contributed by atoms with E-state index in [-0.39, 0.29) is 24.0 Å². The third kappa shape index (κ3) is 19.9. The molecule has 2 rings (SSSR count). The summed E-state index contributed by atoms with van der Waals surface area (Å²) in [5.74, 6) is -0.766. The molecule has 1 atom stereocenters. The monoisotopic (exact) mass is 682 g/mol. The summed E-state index contributed by atoms with van der Waals surface area (Å²) in [4.78, 5) is 54.9. The van der Waals surface area contributed by atoms with Crippen molar-refractivity contribution in [1.29, 1.82) is 0 Å². The number of ether oxygens (including phenoxy) is 6. The van der Waals surface area contributed by atoms with Crippen LogP contribution in [0.4, 0.5) is 0 Å². The summed E-state index contributed by atoms with van der Waals surface area (Å²) in [6, 6.07) is 0. The van der Waals surface area contributed by atoms with Crippen molar-refractivity contribution >= 4 is 29.5 Å². The van der Waals surface area contributed by atoms with Crippen molar-refractivity contribution in [3.05, 3.63) is 34.5 Å². The van der Waals surface area contributed by atoms with E-state index in [0.717, 1.165) is 29.3 Å². The molecule has 0 aromatic rings. The Morgan fingerprint density at radius 3 is 1.67 bits per heavy atom. The van der Waals surface area contributed by atoms with Gasteiger partial charge in [-0.1, -0.05) is 13.8 Å². The second kappa shape index (κ2) is 19.4. The van der Waals surface area contributed by atoms with Crippen LogP contribution in [0.5, 0.6) is 0 Å². The molecule has 0 fully saturated rings. The smallest absolute Gasteiger partial charge is 0.340 e. The first-order valence-corrected chi connectivity index (χ1v) is 16.3. The van der Waals surface area contributed by atoms with Gasteiger partial charge in [0, 0.05) is 46.1 Å². The summed E-state index contributed by atoms with van der Waals surface area (Å²) in [6.45, 7) is 32.2. The Kier molecular flexibility index (Phi) is 18.8. The van der Waals surface area contributed by atoms with E-state index in [2.05, 4.69) is 0 Å². The first-order valence-electron chi connectivity index (χ1n) is 16.3. The van der Waals surface area contributed by atoms with Gasteiger partial charge in [-0.25, -0.2) is 4.79 Å². The van der Waals surface area contributed by atoms with Crippen LogP contribution in [-0.2, 0) is 52.4 Å². The van der Waals surface area contributed by atoms with Crippen LogP contribution < -0.4 is 0 Å². The zero-order valence-electron chi connectivity index (χ0n) is 32.8. The van der Waals surface area contributed by atoms with Crippen molar-refractivity contribution in [2.75, 3.05) is 0 Å². The van der Waals surface area contributed by atoms with Gasteiger partial charge in [-0.15, -0.1) is 0 Å². The van der Waals surface area contributed by atoms with Gasteiger partial charge in [0.25, 0.3) is 0 Å². The molecular formula is C37H62O11. The highest BCUT2D eigenvalue weighted by Crippen LogP contribution is 2.31. The molecule has 1 unspecified atom stereocenters. The summed E-state index contributed by atoms with van der Waals surface area (Å²) in [5.41, 5.74) is 0.653. The number of allylic oxidation sites excluding steroid dienone is 4. The fourth-order valence-electron chi connectivity index (χ4n) is 3.81. The van der Waals surface area contributed by atoms with E-state index in [1.54, 1.807) is 76.2 Å². The molecule has 2 aliphatic heterocycles. The van der Waals surface area contributed by atoms with Crippen molar-refractivity contribution < 1.29 is 52.4 Å². The number of carbonyl (C=O) groups is 5. The highest BCUT2D eigenvalue weighted by atomic mass is 16.7. The topological polar surface area (TPSA) is 141 Å². The maximum absolute atomic E-state index is 11.3. The Morgan fingerprint density at radius 1 is 0.792 bits per heavy atom. The SMILES string of the molecule is C/C=C1\OC(C)(C)OC(C)=C1C.CC(=O)CC(=O)OC(C)(C)C.CCC(=O)C(C)C(=O)OC(C)(C)C.CCC1=C(C)C(=O)OC(C)(C)O1. The van der Waals surface area contributed by atoms with E-state index in [1.165, 1.54) is 6.92 Å². The third-order valence-electron chi connectivity index (χ3n) is 6.07. The van der Waals surface area contributed by atoms with Crippen LogP contribution >= 0.6 is 0 Å². The van der Waals surface area contributed by atoms with Gasteiger partial charge in [0.15, 0.2) is 0 Å². The van der Waals surface area contributed by atoms with E-state index in [9.17, 15) is 24.0 Å². The van der Waals surface area contributed by atoms with Crippen molar-refractivity contribution in [1.82, 2.24) is 0 Å². The molecule has 2 heterocycles. The molecule has 11 heteroatoms. The standard InChI is InChI=1S/C10H18O3.C10H16O2.C9H14O3.C8H14O3/c1-6-8(11)7(2)9(12)13-10(3,4)5;1-6-9-7(2)8(3)11-10(4,5)12-9;1-5-7-6(2)8(10)12-9(3,4)11-7;1-6(9)5-7(10)11-8(2,3)4/h7H,6H2,1-5H3;6H,1-5H3;5H2,1-4H3;5H2,1-4H3/b;9-6-;;. The first kappa shape index (κ1) is 46.5. The van der Waals surface area contributed by atoms with Crippen LogP contribution in [0.1, 0.15) is 144 Å². The summed E-state index contributed by atoms with van der Waals surface area (Å²) in [5, 5.41) is 0. The maximum atomic E-state index is 11.3. The maximum Gasteiger partial charge on any atom is 0.340 e. The number of hydrogen-bond acceptors (Lipinski definition) is 11. The molecule has 0 radical (unpaired) electrons. The van der Waals surface area contributed by atoms with Crippen LogP contribution in [-0.4, -0.2) is 52.3 Å². The minimum atomic E-state index is -0.804. The molecule has 48 heavy (non-hydrogen) atoms. The molecule has 0 aliphatic carbocycles. The van der Waals surface area contributed by atoms with E-state index in [1.807, 2.05) is 47.6 Å². The Morgan fingerprint density at radius 2 is 1.27 bits per heavy atom. The van der Waals surface area contributed by atoms with Crippen molar-refractivity contribution in [2.24, 2.45) is 5.92 Å². The van der Waals surface area contributed by atoms with Crippen molar-refractivity contribution in [3.63, 3.8) is 0 Å². The zero-order chi connectivity index (χ0) is 38.4. The number of carbonyl (C=O) groups excluding carboxylic acids is 5. The average molecular weight is 683 g/mol. The quantitative estimate of drug-likeness (QED) is 0.152. The number of cyclic esters (lactones) is 1. The zero-order valence-corrected chi connectivity index (χ0v) is 32.8. The second-order valence-corrected chi connectivity index (χ2v) is 14.3. The lowest BCUT2D eigenvalue weighted by Gasteiger charge is -2.34. The van der Waals surface area contributed by atoms with E-state index in [0.29, 0.717) is 12.0 Å². The summed E-state index contributed by atoms with van der Waals surface area (Å²) in [7, 11) is 0. The van der Waals surface area contributed by atoms with Crippen molar-refractivity contribution in [2.45, 2.75) is 167 Å². The first-order chi connectivity index (χ1) is 21.5. The third-order valence-corrected chi connectivity index (χ3v) is 6.07. The lowest BCUT2D eigenvalue weighted by molar-refractivity contribution is -0.208. The van der Waals surface area contributed by atoms with E-state index >= 15 is 0 Å². The largest absolute Gasteiger partial charge is 0.460 e. The predicted molar refractivity (Wildman–Crippen MR) is 184 cm³/mol. The van der Waals surface area contributed by atoms with E-state index < -0.39 is 40.6 Å². The lowest BCUT2D eigenvalue weighted by Crippen LogP contribution is -2.36. The van der Waals surface area contributed by atoms with Gasteiger partial charge in [0.2, 0.25) is 11.6 Å². The van der Waals surface area contributed by atoms with Gasteiger partial charge in [-0.05, 0) is 89.2 Å². The van der Waals surface area contributed by atoms with Crippen molar-refractivity contribution in [3.8, 4) is 0 Å². The Labute approximate surface area is 288 Å². The second-order valence-electron chi connectivity index (χ2n) is 14.3. The predicted octanol–water partition coefficient (Wildman–Crippen LogP) is 8.20. The fraction of sp³-hybridized carbons (Fsp3) is 0.703. The minimum absolute atomic E-state index is 0.0748. The number of esters is 3. The lowest BCUT2D eigenvalue weighted by atomic mass is 10.0. The van der Waals surface area contributed by atoms with Crippen LogP contribution in [0, 0.1) is 5.92 Å². The number of Topliss-reactive ketones (excluding diaryl/α,β-unsaturated/α-hetero) is 2. The molecule has 0 saturated carbocycles. The molecule has 0 spiro atoms. The van der Waals surface area contributed by atoms with Crippen LogP contribution in [0.2, 0.25) is 0 Å². The van der Waals surface area contributed by atoms with Gasteiger partial charge < -0.3 is 28.4 Å². The molecular weight excluding hydrogens is 620 g/mol. The highest BCUT2D eigenvalue weighted by Gasteiger charge is 2.33. The highest BCUT2D eigenvalue weighted by molar-refractivity contribution is 5.98. The summed E-state index contributed by atoms with van der Waals surface area (Å²) < 4.78 is 31.5. The minimum Gasteiger partial charge on any atom is -0.460 e. The molecule has 11 nitrogen and oxygen atoms in total. The number of rotatable bonds is 6. The summed E-state index contributed by atoms with van der Waals surface area (Å²) >= 11 is 0. The number of ketones is 2. The Hall–Kier alpha value is -3.63. The van der Waals surface area contributed by atoms with Gasteiger partial charge >= 0.3 is 17.9 Å². The van der Waals surface area contributed by atoms with Crippen LogP contribution in [0.25, 0.3) is 0 Å². The fourth-order valence-corrected chi connectivity index (χ4v) is 3.81. The molecule has 2 aliphatic rings. The Bertz CT molecular complexity index is 1230. The molecule has 0 amide bonds. The molecule has 0 aromatic carbocycles. The van der Waals surface area contributed by atoms with Crippen LogP contribution in [0.3, 0.4) is 0 Å².